The summed E-state index contributed by atoms with van der Waals surface area (Å²) in [6.07, 6.45) is 0. The molecule has 0 unspecified atom stereocenters. The van der Waals surface area contributed by atoms with Crippen LogP contribution in [0.5, 0.6) is 5.75 Å². The van der Waals surface area contributed by atoms with Crippen LogP contribution < -0.4 is 10.3 Å². The van der Waals surface area contributed by atoms with Gasteiger partial charge in [0.15, 0.2) is 0 Å². The van der Waals surface area contributed by atoms with Gasteiger partial charge < -0.3 is 4.74 Å². The van der Waals surface area contributed by atoms with E-state index in [0.717, 1.165) is 5.56 Å². The van der Waals surface area contributed by atoms with Crippen molar-refractivity contribution in [3.05, 3.63) is 62.4 Å². The normalized spacial score (nSPS) is 13.8. The predicted molar refractivity (Wildman–Crippen MR) is 91.8 cm³/mol. The van der Waals surface area contributed by atoms with Crippen LogP contribution in [-0.2, 0) is 13.5 Å². The third kappa shape index (κ3) is 3.08. The maximum atomic E-state index is 12.7. The zero-order valence-electron chi connectivity index (χ0n) is 15.6. The number of aryl methyl sites for hydroxylation is 1. The van der Waals surface area contributed by atoms with Gasteiger partial charge in [0, 0.05) is 21.1 Å². The van der Waals surface area contributed by atoms with Crippen molar-refractivity contribution in [2.24, 2.45) is 6.98 Å². The van der Waals surface area contributed by atoms with E-state index in [2.05, 4.69) is 20.7 Å². The van der Waals surface area contributed by atoms with Crippen LogP contribution in [0.4, 0.5) is 8.78 Å². The Kier molecular flexibility index (Phi) is 3.51. The monoisotopic (exact) mass is 399 g/mol. The molecule has 1 heterocycles. The molecule has 7 heteroatoms. The molecule has 3 rings (SSSR count). The molecular formula is C17H15BrF2N2O2. The molecule has 1 aromatic heterocycles. The van der Waals surface area contributed by atoms with Gasteiger partial charge in [0.2, 0.25) is 0 Å². The van der Waals surface area contributed by atoms with Crippen LogP contribution in [0.3, 0.4) is 0 Å². The second kappa shape index (κ2) is 6.39. The van der Waals surface area contributed by atoms with Crippen LogP contribution in [0.1, 0.15) is 15.2 Å². The van der Waals surface area contributed by atoms with Crippen LogP contribution >= 0.6 is 15.9 Å². The molecule has 0 aliphatic rings. The fourth-order valence-corrected chi connectivity index (χ4v) is 2.94. The molecule has 0 atom stereocenters. The molecule has 0 radical (unpaired) electrons. The van der Waals surface area contributed by atoms with Gasteiger partial charge in [0.1, 0.15) is 5.75 Å². The Hall–Kier alpha value is -2.15. The highest BCUT2D eigenvalue weighted by Crippen LogP contribution is 2.25. The minimum absolute atomic E-state index is 0.0722. The quantitative estimate of drug-likeness (QED) is 0.662. The van der Waals surface area contributed by atoms with E-state index in [0.29, 0.717) is 20.2 Å². The summed E-state index contributed by atoms with van der Waals surface area (Å²) in [7, 11) is 0. The van der Waals surface area contributed by atoms with E-state index in [1.807, 2.05) is 0 Å². The van der Waals surface area contributed by atoms with Crippen molar-refractivity contribution in [3.8, 4) is 5.75 Å². The van der Waals surface area contributed by atoms with E-state index in [1.165, 1.54) is 16.8 Å². The van der Waals surface area contributed by atoms with Gasteiger partial charge in [-0.2, -0.15) is 8.78 Å². The summed E-state index contributed by atoms with van der Waals surface area (Å²) in [5.74, 6) is -0.0722. The van der Waals surface area contributed by atoms with Crippen LogP contribution in [0.25, 0.3) is 10.9 Å². The number of hydrogen-bond acceptors (Lipinski definition) is 2. The zero-order valence-corrected chi connectivity index (χ0v) is 14.2. The molecule has 2 aromatic carbocycles. The number of benzene rings is 2. The largest absolute Gasteiger partial charge is 0.434 e. The highest BCUT2D eigenvalue weighted by molar-refractivity contribution is 9.10. The fraction of sp³-hybridized carbons (Fsp3) is 0.235. The van der Waals surface area contributed by atoms with E-state index in [1.54, 1.807) is 31.2 Å². The Morgan fingerprint density at radius 1 is 1.29 bits per heavy atom. The summed E-state index contributed by atoms with van der Waals surface area (Å²) < 4.78 is 55.8. The van der Waals surface area contributed by atoms with Crippen molar-refractivity contribution in [3.63, 3.8) is 0 Å². The van der Waals surface area contributed by atoms with E-state index < -0.39 is 19.1 Å². The lowest BCUT2D eigenvalue weighted by Crippen LogP contribution is -2.20. The first-order chi connectivity index (χ1) is 12.6. The summed E-state index contributed by atoms with van der Waals surface area (Å²) in [6.45, 7) is -4.11. The minimum Gasteiger partial charge on any atom is -0.434 e. The molecule has 3 aromatic rings. The van der Waals surface area contributed by atoms with Crippen molar-refractivity contribution < 1.29 is 17.6 Å². The third-order valence-corrected chi connectivity index (χ3v) is 4.15. The molecule has 0 bridgehead atoms. The standard InChI is InChI=1S/C17H15BrF2N2O2/c1-10-3-6-15(24-17(19)20)11(7-10)9-22-14-8-12(18)4-5-13(14)16(23)21(22)2/h3-8,17H,9H2,1-2H3/i2D3. The Balaban J connectivity index is 2.25. The highest BCUT2D eigenvalue weighted by atomic mass is 79.9. The van der Waals surface area contributed by atoms with Crippen molar-refractivity contribution in [2.75, 3.05) is 0 Å². The van der Waals surface area contributed by atoms with E-state index in [9.17, 15) is 13.6 Å². The molecular weight excluding hydrogens is 382 g/mol. The van der Waals surface area contributed by atoms with Crippen LogP contribution in [0.15, 0.2) is 45.7 Å². The van der Waals surface area contributed by atoms with Crippen molar-refractivity contribution in [1.29, 1.82) is 0 Å². The van der Waals surface area contributed by atoms with Crippen LogP contribution in [0.2, 0.25) is 0 Å². The molecule has 0 aliphatic heterocycles. The Labute approximate surface area is 149 Å². The van der Waals surface area contributed by atoms with Gasteiger partial charge in [-0.05, 0) is 31.2 Å². The average molecular weight is 400 g/mol. The maximum Gasteiger partial charge on any atom is 0.387 e. The Morgan fingerprint density at radius 2 is 2.08 bits per heavy atom. The van der Waals surface area contributed by atoms with Gasteiger partial charge in [-0.15, -0.1) is 0 Å². The SMILES string of the molecule is [2H]C([2H])([2H])n1c(=O)c2ccc(Br)cc2n1Cc1cc(C)ccc1OC(F)F. The smallest absolute Gasteiger partial charge is 0.387 e. The van der Waals surface area contributed by atoms with Crippen molar-refractivity contribution in [1.82, 2.24) is 9.36 Å². The third-order valence-electron chi connectivity index (χ3n) is 3.65. The minimum atomic E-state index is -3.02. The lowest BCUT2D eigenvalue weighted by molar-refractivity contribution is -0.0505. The van der Waals surface area contributed by atoms with E-state index in [4.69, 9.17) is 4.11 Å². The average Bonchev–Trinajstić information content (AvgIpc) is 2.81. The molecule has 0 amide bonds. The molecule has 0 fully saturated rings. The summed E-state index contributed by atoms with van der Waals surface area (Å²) in [4.78, 5) is 12.6. The molecule has 0 spiro atoms. The number of alkyl halides is 2. The molecule has 0 saturated carbocycles. The van der Waals surface area contributed by atoms with Crippen molar-refractivity contribution >= 4 is 26.8 Å². The highest BCUT2D eigenvalue weighted by Gasteiger charge is 2.15. The Bertz CT molecular complexity index is 1060. The Morgan fingerprint density at radius 3 is 2.79 bits per heavy atom. The number of hydrogen-bond donors (Lipinski definition) is 0. The van der Waals surface area contributed by atoms with Crippen molar-refractivity contribution in [2.45, 2.75) is 20.1 Å². The number of halogens is 3. The number of aromatic nitrogens is 2. The predicted octanol–water partition coefficient (Wildman–Crippen LogP) is 4.06. The molecule has 0 saturated heterocycles. The molecule has 4 nitrogen and oxygen atoms in total. The van der Waals surface area contributed by atoms with Gasteiger partial charge in [0.05, 0.1) is 17.4 Å². The van der Waals surface area contributed by atoms with Gasteiger partial charge in [-0.25, -0.2) is 0 Å². The lowest BCUT2D eigenvalue weighted by Gasteiger charge is -2.14. The molecule has 24 heavy (non-hydrogen) atoms. The summed E-state index contributed by atoms with van der Waals surface area (Å²) >= 11 is 3.31. The molecule has 0 N–H and O–H groups in total. The summed E-state index contributed by atoms with van der Waals surface area (Å²) in [5, 5.41) is 0.221. The van der Waals surface area contributed by atoms with Gasteiger partial charge in [-0.3, -0.25) is 14.2 Å². The number of ether oxygens (including phenoxy) is 1. The fourth-order valence-electron chi connectivity index (χ4n) is 2.59. The zero-order chi connectivity index (χ0) is 19.9. The maximum absolute atomic E-state index is 12.7. The first-order valence-corrected chi connectivity index (χ1v) is 7.83. The number of nitrogens with zero attached hydrogens (tertiary/aromatic N) is 2. The van der Waals surface area contributed by atoms with E-state index in [-0.39, 0.29) is 17.7 Å². The molecule has 126 valence electrons. The second-order valence-electron chi connectivity index (χ2n) is 5.33. The van der Waals surface area contributed by atoms with Gasteiger partial charge in [0.25, 0.3) is 5.56 Å². The summed E-state index contributed by atoms with van der Waals surface area (Å²) in [6, 6.07) is 9.40. The van der Waals surface area contributed by atoms with Gasteiger partial charge in [-0.1, -0.05) is 33.6 Å². The second-order valence-corrected chi connectivity index (χ2v) is 6.24. The number of fused-ring (bicyclic) bond motifs is 1. The van der Waals surface area contributed by atoms with Gasteiger partial charge >= 0.3 is 6.61 Å². The van der Waals surface area contributed by atoms with Crippen LogP contribution in [0, 0.1) is 6.92 Å². The topological polar surface area (TPSA) is 36.2 Å². The van der Waals surface area contributed by atoms with E-state index >= 15 is 0 Å². The van der Waals surface area contributed by atoms with Crippen LogP contribution in [-0.4, -0.2) is 16.0 Å². The summed E-state index contributed by atoms with van der Waals surface area (Å²) in [5.41, 5.74) is 0.814. The lowest BCUT2D eigenvalue weighted by atomic mass is 10.1. The first kappa shape index (κ1) is 13.2. The number of rotatable bonds is 4. The molecule has 0 aliphatic carbocycles. The first-order valence-electron chi connectivity index (χ1n) is 8.54.